The van der Waals surface area contributed by atoms with E-state index in [0.29, 0.717) is 12.1 Å². The summed E-state index contributed by atoms with van der Waals surface area (Å²) in [6.45, 7) is -0.195. The van der Waals surface area contributed by atoms with Crippen LogP contribution in [0.15, 0.2) is 24.5 Å². The maximum absolute atomic E-state index is 9.75. The molecule has 6 heteroatoms. The van der Waals surface area contributed by atoms with Crippen LogP contribution in [0, 0.1) is 0 Å². The van der Waals surface area contributed by atoms with Crippen LogP contribution in [0.3, 0.4) is 0 Å². The second-order valence-corrected chi connectivity index (χ2v) is 4.48. The fraction of sp³-hybridized carbons (Fsp3) is 0.417. The molecule has 1 aliphatic heterocycles. The summed E-state index contributed by atoms with van der Waals surface area (Å²) < 4.78 is 7.41. The number of rotatable bonds is 2. The molecule has 18 heavy (non-hydrogen) atoms. The fourth-order valence-electron chi connectivity index (χ4n) is 2.38. The Bertz CT molecular complexity index is 569. The summed E-state index contributed by atoms with van der Waals surface area (Å²) in [5, 5.41) is 18.8. The van der Waals surface area contributed by atoms with Gasteiger partial charge < -0.3 is 25.3 Å². The number of hydrogen-bond donors (Lipinski definition) is 3. The third-order valence-electron chi connectivity index (χ3n) is 3.32. The number of aliphatic hydroxyl groups excluding tert-OH is 2. The summed E-state index contributed by atoms with van der Waals surface area (Å²) in [4.78, 5) is 4.26. The Morgan fingerprint density at radius 1 is 1.50 bits per heavy atom. The van der Waals surface area contributed by atoms with Crippen molar-refractivity contribution >= 4 is 16.7 Å². The van der Waals surface area contributed by atoms with Crippen molar-refractivity contribution in [3.8, 4) is 0 Å². The first-order chi connectivity index (χ1) is 8.70. The van der Waals surface area contributed by atoms with Crippen molar-refractivity contribution in [3.05, 3.63) is 24.5 Å². The van der Waals surface area contributed by atoms with Gasteiger partial charge in [0, 0.05) is 6.42 Å². The highest BCUT2D eigenvalue weighted by atomic mass is 16.5. The lowest BCUT2D eigenvalue weighted by atomic mass is 10.2. The summed E-state index contributed by atoms with van der Waals surface area (Å²) in [6, 6.07) is 5.52. The third kappa shape index (κ3) is 1.66. The van der Waals surface area contributed by atoms with Gasteiger partial charge >= 0.3 is 0 Å². The molecule has 3 rings (SSSR count). The molecule has 0 amide bonds. The molecule has 2 aromatic rings. The van der Waals surface area contributed by atoms with Crippen LogP contribution in [0.5, 0.6) is 0 Å². The summed E-state index contributed by atoms with van der Waals surface area (Å²) in [5.41, 5.74) is 8.15. The largest absolute Gasteiger partial charge is 0.397 e. The molecular weight excluding hydrogens is 234 g/mol. The molecule has 1 fully saturated rings. The maximum atomic E-state index is 9.75. The van der Waals surface area contributed by atoms with E-state index in [1.807, 2.05) is 16.7 Å². The topological polar surface area (TPSA) is 93.5 Å². The van der Waals surface area contributed by atoms with Crippen LogP contribution in [0.25, 0.3) is 11.0 Å². The van der Waals surface area contributed by atoms with Gasteiger partial charge in [0.05, 0.1) is 35.8 Å². The molecule has 0 radical (unpaired) electrons. The standard InChI is InChI=1S/C12H15N3O3/c13-7-2-1-3-8-12(7)15(6-14-8)11-4-9(17)10(5-16)18-11/h1-3,6,9-11,16-17H,4-5,13H2/t9-,10+,11+/m0/s1. The number of benzene rings is 1. The quantitative estimate of drug-likeness (QED) is 0.664. The van der Waals surface area contributed by atoms with Crippen molar-refractivity contribution in [2.75, 3.05) is 12.3 Å². The lowest BCUT2D eigenvalue weighted by molar-refractivity contribution is -0.0430. The van der Waals surface area contributed by atoms with Gasteiger partial charge in [0.2, 0.25) is 0 Å². The van der Waals surface area contributed by atoms with Crippen LogP contribution in [0.1, 0.15) is 12.6 Å². The van der Waals surface area contributed by atoms with Crippen molar-refractivity contribution in [2.24, 2.45) is 0 Å². The maximum Gasteiger partial charge on any atom is 0.138 e. The Hall–Kier alpha value is -1.63. The Balaban J connectivity index is 2.01. The smallest absolute Gasteiger partial charge is 0.138 e. The predicted molar refractivity (Wildman–Crippen MR) is 65.8 cm³/mol. The molecular formula is C12H15N3O3. The summed E-state index contributed by atoms with van der Waals surface area (Å²) in [6.07, 6.45) is 0.523. The highest BCUT2D eigenvalue weighted by Crippen LogP contribution is 2.32. The molecule has 1 saturated heterocycles. The van der Waals surface area contributed by atoms with Gasteiger partial charge in [-0.1, -0.05) is 6.07 Å². The first-order valence-electron chi connectivity index (χ1n) is 5.86. The number of nitrogen functional groups attached to an aromatic ring is 1. The first-order valence-corrected chi connectivity index (χ1v) is 5.86. The summed E-state index contributed by atoms with van der Waals surface area (Å²) >= 11 is 0. The van der Waals surface area contributed by atoms with Crippen LogP contribution in [-0.4, -0.2) is 38.6 Å². The zero-order valence-corrected chi connectivity index (χ0v) is 9.73. The van der Waals surface area contributed by atoms with Crippen molar-refractivity contribution in [1.29, 1.82) is 0 Å². The number of aliphatic hydroxyl groups is 2. The molecule has 4 N–H and O–H groups in total. The van der Waals surface area contributed by atoms with E-state index < -0.39 is 12.2 Å². The van der Waals surface area contributed by atoms with E-state index >= 15 is 0 Å². The van der Waals surface area contributed by atoms with Gasteiger partial charge in [-0.25, -0.2) is 4.98 Å². The number of nitrogens with two attached hydrogens (primary N) is 1. The van der Waals surface area contributed by atoms with Crippen molar-refractivity contribution in [1.82, 2.24) is 9.55 Å². The van der Waals surface area contributed by atoms with Crippen LogP contribution < -0.4 is 5.73 Å². The van der Waals surface area contributed by atoms with Crippen LogP contribution in [0.2, 0.25) is 0 Å². The first kappa shape index (κ1) is 11.5. The Morgan fingerprint density at radius 3 is 3.06 bits per heavy atom. The number of imidazole rings is 1. The Labute approximate surface area is 104 Å². The second-order valence-electron chi connectivity index (χ2n) is 4.48. The molecule has 0 bridgehead atoms. The summed E-state index contributed by atoms with van der Waals surface area (Å²) in [5.74, 6) is 0. The third-order valence-corrected chi connectivity index (χ3v) is 3.32. The van der Waals surface area contributed by atoms with Crippen LogP contribution >= 0.6 is 0 Å². The number of anilines is 1. The average molecular weight is 249 g/mol. The number of aromatic nitrogens is 2. The van der Waals surface area contributed by atoms with E-state index in [1.165, 1.54) is 0 Å². The van der Waals surface area contributed by atoms with E-state index in [9.17, 15) is 5.11 Å². The van der Waals surface area contributed by atoms with Gasteiger partial charge in [0.15, 0.2) is 0 Å². The van der Waals surface area contributed by atoms with E-state index in [-0.39, 0.29) is 12.8 Å². The Kier molecular flexibility index (Phi) is 2.70. The molecule has 1 aliphatic rings. The minimum absolute atomic E-state index is 0.195. The van der Waals surface area contributed by atoms with Crippen molar-refractivity contribution < 1.29 is 14.9 Å². The van der Waals surface area contributed by atoms with E-state index in [4.69, 9.17) is 15.6 Å². The van der Waals surface area contributed by atoms with Gasteiger partial charge in [-0.15, -0.1) is 0 Å². The molecule has 0 spiro atoms. The summed E-state index contributed by atoms with van der Waals surface area (Å²) in [7, 11) is 0. The van der Waals surface area contributed by atoms with Crippen molar-refractivity contribution in [2.45, 2.75) is 24.9 Å². The van der Waals surface area contributed by atoms with E-state index in [2.05, 4.69) is 4.98 Å². The van der Waals surface area contributed by atoms with Gasteiger partial charge in [0.1, 0.15) is 12.3 Å². The average Bonchev–Trinajstić information content (AvgIpc) is 2.93. The normalized spacial score (nSPS) is 28.0. The highest BCUT2D eigenvalue weighted by Gasteiger charge is 2.35. The SMILES string of the molecule is Nc1cccc2ncn([C@H]3C[C@H](O)[C@@H](CO)O3)c12. The van der Waals surface area contributed by atoms with E-state index in [1.54, 1.807) is 12.4 Å². The molecule has 2 heterocycles. The second kappa shape index (κ2) is 4.24. The highest BCUT2D eigenvalue weighted by molar-refractivity contribution is 5.87. The fourth-order valence-corrected chi connectivity index (χ4v) is 2.38. The number of para-hydroxylation sites is 1. The Morgan fingerprint density at radius 2 is 2.33 bits per heavy atom. The van der Waals surface area contributed by atoms with Crippen LogP contribution in [0.4, 0.5) is 5.69 Å². The lowest BCUT2D eigenvalue weighted by Crippen LogP contribution is -2.24. The van der Waals surface area contributed by atoms with Gasteiger partial charge in [-0.3, -0.25) is 0 Å². The van der Waals surface area contributed by atoms with E-state index in [0.717, 1.165) is 11.0 Å². The van der Waals surface area contributed by atoms with Crippen molar-refractivity contribution in [3.63, 3.8) is 0 Å². The minimum Gasteiger partial charge on any atom is -0.397 e. The number of ether oxygens (including phenoxy) is 1. The molecule has 0 saturated carbocycles. The molecule has 1 aromatic heterocycles. The molecule has 96 valence electrons. The zero-order valence-electron chi connectivity index (χ0n) is 9.73. The van der Waals surface area contributed by atoms with Crippen LogP contribution in [-0.2, 0) is 4.74 Å². The monoisotopic (exact) mass is 249 g/mol. The molecule has 0 unspecified atom stereocenters. The van der Waals surface area contributed by atoms with Gasteiger partial charge in [0.25, 0.3) is 0 Å². The lowest BCUT2D eigenvalue weighted by Gasteiger charge is -2.14. The number of fused-ring (bicyclic) bond motifs is 1. The predicted octanol–water partition coefficient (Wildman–Crippen LogP) is 0.259. The molecule has 6 nitrogen and oxygen atoms in total. The molecule has 3 atom stereocenters. The number of nitrogens with zero attached hydrogens (tertiary/aromatic N) is 2. The zero-order chi connectivity index (χ0) is 12.7. The molecule has 1 aromatic carbocycles. The number of hydrogen-bond acceptors (Lipinski definition) is 5. The minimum atomic E-state index is -0.664. The van der Waals surface area contributed by atoms with Gasteiger partial charge in [-0.2, -0.15) is 0 Å². The van der Waals surface area contributed by atoms with Gasteiger partial charge in [-0.05, 0) is 12.1 Å². The molecule has 0 aliphatic carbocycles.